The first kappa shape index (κ1) is 9.48. The first-order valence-corrected chi connectivity index (χ1v) is 4.24. The van der Waals surface area contributed by atoms with Gasteiger partial charge >= 0.3 is 5.97 Å². The van der Waals surface area contributed by atoms with Crippen molar-refractivity contribution in [1.29, 1.82) is 0 Å². The number of carboxylic acids is 1. The average Bonchev–Trinajstić information content (AvgIpc) is 2.35. The minimum Gasteiger partial charge on any atom is -0.480 e. The monoisotopic (exact) mass is 173 g/mol. The first-order chi connectivity index (χ1) is 5.53. The normalized spacial score (nSPS) is 23.8. The van der Waals surface area contributed by atoms with E-state index in [0.717, 1.165) is 12.8 Å². The lowest BCUT2D eigenvalue weighted by Crippen LogP contribution is -2.39. The molecule has 0 aliphatic heterocycles. The highest BCUT2D eigenvalue weighted by Crippen LogP contribution is 2.32. The fourth-order valence-corrected chi connectivity index (χ4v) is 1.73. The highest BCUT2D eigenvalue weighted by Gasteiger charge is 2.34. The number of hydrogen-bond acceptors (Lipinski definition) is 3. The molecule has 70 valence electrons. The number of nitrogens with two attached hydrogens (primary N) is 1. The zero-order valence-electron chi connectivity index (χ0n) is 6.99. The Morgan fingerprint density at radius 3 is 2.42 bits per heavy atom. The van der Waals surface area contributed by atoms with Crippen LogP contribution in [0.1, 0.15) is 32.1 Å². The summed E-state index contributed by atoms with van der Waals surface area (Å²) in [5.74, 6) is -1.03. The van der Waals surface area contributed by atoms with Crippen molar-refractivity contribution < 1.29 is 15.0 Å². The number of carboxylic acid groups (broad SMARTS) is 1. The Kier molecular flexibility index (Phi) is 2.69. The van der Waals surface area contributed by atoms with Crippen LogP contribution in [0.25, 0.3) is 0 Å². The van der Waals surface area contributed by atoms with Crippen LogP contribution in [0.15, 0.2) is 0 Å². The van der Waals surface area contributed by atoms with Gasteiger partial charge in [-0.3, -0.25) is 4.79 Å². The second-order valence-electron chi connectivity index (χ2n) is 3.58. The molecular formula is C8H15NO3. The molecule has 0 aromatic carbocycles. The topological polar surface area (TPSA) is 83.5 Å². The van der Waals surface area contributed by atoms with Crippen molar-refractivity contribution in [3.63, 3.8) is 0 Å². The molecule has 0 unspecified atom stereocenters. The molecule has 0 saturated heterocycles. The van der Waals surface area contributed by atoms with Crippen LogP contribution >= 0.6 is 0 Å². The number of rotatable bonds is 3. The van der Waals surface area contributed by atoms with Crippen LogP contribution < -0.4 is 5.73 Å². The van der Waals surface area contributed by atoms with E-state index in [2.05, 4.69) is 0 Å². The van der Waals surface area contributed by atoms with Gasteiger partial charge in [-0.1, -0.05) is 12.8 Å². The fourth-order valence-electron chi connectivity index (χ4n) is 1.73. The first-order valence-electron chi connectivity index (χ1n) is 4.24. The minimum atomic E-state index is -1.03. The van der Waals surface area contributed by atoms with Crippen LogP contribution in [0.5, 0.6) is 0 Å². The van der Waals surface area contributed by atoms with E-state index in [-0.39, 0.29) is 6.42 Å². The summed E-state index contributed by atoms with van der Waals surface area (Å²) in [4.78, 5) is 10.4. The molecule has 1 atom stereocenters. The summed E-state index contributed by atoms with van der Waals surface area (Å²) in [5, 5.41) is 18.3. The van der Waals surface area contributed by atoms with Gasteiger partial charge in [-0.2, -0.15) is 0 Å². The maximum Gasteiger partial charge on any atom is 0.320 e. The second kappa shape index (κ2) is 3.41. The highest BCUT2D eigenvalue weighted by molar-refractivity contribution is 5.73. The van der Waals surface area contributed by atoms with Crippen molar-refractivity contribution >= 4 is 5.97 Å². The molecule has 0 bridgehead atoms. The zero-order valence-corrected chi connectivity index (χ0v) is 6.99. The van der Waals surface area contributed by atoms with Crippen LogP contribution in [0.2, 0.25) is 0 Å². The molecule has 4 heteroatoms. The molecule has 4 N–H and O–H groups in total. The molecule has 12 heavy (non-hydrogen) atoms. The number of carbonyl (C=O) groups is 1. The van der Waals surface area contributed by atoms with Crippen molar-refractivity contribution in [3.8, 4) is 0 Å². The molecule has 1 aliphatic carbocycles. The summed E-state index contributed by atoms with van der Waals surface area (Å²) in [5.41, 5.74) is 4.51. The molecule has 0 aromatic rings. The third kappa shape index (κ3) is 2.19. The van der Waals surface area contributed by atoms with Crippen molar-refractivity contribution in [1.82, 2.24) is 0 Å². The van der Waals surface area contributed by atoms with Gasteiger partial charge in [-0.25, -0.2) is 0 Å². The Bertz CT molecular complexity index is 175. The summed E-state index contributed by atoms with van der Waals surface area (Å²) in [7, 11) is 0. The van der Waals surface area contributed by atoms with Crippen LogP contribution in [0.4, 0.5) is 0 Å². The van der Waals surface area contributed by atoms with Crippen molar-refractivity contribution in [2.45, 2.75) is 43.7 Å². The summed E-state index contributed by atoms with van der Waals surface area (Å²) in [6, 6.07) is -0.923. The largest absolute Gasteiger partial charge is 0.480 e. The lowest BCUT2D eigenvalue weighted by atomic mass is 9.94. The van der Waals surface area contributed by atoms with E-state index in [0.29, 0.717) is 12.8 Å². The zero-order chi connectivity index (χ0) is 9.19. The maximum absolute atomic E-state index is 10.4. The Labute approximate surface area is 71.4 Å². The van der Waals surface area contributed by atoms with Crippen LogP contribution in [0.3, 0.4) is 0 Å². The SMILES string of the molecule is N[C@@H](CC1(O)CCCC1)C(=O)O. The smallest absolute Gasteiger partial charge is 0.320 e. The number of aliphatic carboxylic acids is 1. The third-order valence-corrected chi connectivity index (χ3v) is 2.45. The summed E-state index contributed by atoms with van der Waals surface area (Å²) < 4.78 is 0. The molecule has 1 saturated carbocycles. The minimum absolute atomic E-state index is 0.183. The molecule has 0 amide bonds. The van der Waals surface area contributed by atoms with Crippen molar-refractivity contribution in [2.75, 3.05) is 0 Å². The molecule has 0 heterocycles. The quantitative estimate of drug-likeness (QED) is 0.565. The number of hydrogen-bond donors (Lipinski definition) is 3. The van der Waals surface area contributed by atoms with Gasteiger partial charge in [-0.05, 0) is 12.8 Å². The highest BCUT2D eigenvalue weighted by atomic mass is 16.4. The third-order valence-electron chi connectivity index (χ3n) is 2.45. The number of aliphatic hydroxyl groups is 1. The van der Waals surface area contributed by atoms with Crippen molar-refractivity contribution in [3.05, 3.63) is 0 Å². The lowest BCUT2D eigenvalue weighted by Gasteiger charge is -2.23. The molecular weight excluding hydrogens is 158 g/mol. The van der Waals surface area contributed by atoms with E-state index in [9.17, 15) is 9.90 Å². The van der Waals surface area contributed by atoms with Gasteiger partial charge in [0.15, 0.2) is 0 Å². The summed E-state index contributed by atoms with van der Waals surface area (Å²) >= 11 is 0. The second-order valence-corrected chi connectivity index (χ2v) is 3.58. The van der Waals surface area contributed by atoms with Crippen LogP contribution in [-0.4, -0.2) is 27.8 Å². The molecule has 1 rings (SSSR count). The molecule has 4 nitrogen and oxygen atoms in total. The molecule has 1 aliphatic rings. The molecule has 0 spiro atoms. The van der Waals surface area contributed by atoms with Crippen LogP contribution in [-0.2, 0) is 4.79 Å². The van der Waals surface area contributed by atoms with Gasteiger partial charge in [0.1, 0.15) is 6.04 Å². The van der Waals surface area contributed by atoms with Gasteiger partial charge in [0, 0.05) is 6.42 Å². The maximum atomic E-state index is 10.4. The molecule has 0 radical (unpaired) electrons. The summed E-state index contributed by atoms with van der Waals surface area (Å²) in [6.45, 7) is 0. The Morgan fingerprint density at radius 1 is 1.50 bits per heavy atom. The van der Waals surface area contributed by atoms with E-state index in [1.807, 2.05) is 0 Å². The lowest BCUT2D eigenvalue weighted by molar-refractivity contribution is -0.140. The standard InChI is InChI=1S/C8H15NO3/c9-6(7(10)11)5-8(12)3-1-2-4-8/h6,12H,1-5,9H2,(H,10,11)/t6-/m0/s1. The Morgan fingerprint density at radius 2 is 2.00 bits per heavy atom. The van der Waals surface area contributed by atoms with E-state index in [4.69, 9.17) is 10.8 Å². The predicted octanol–water partition coefficient (Wildman–Crippen LogP) is 0.0935. The Balaban J connectivity index is 2.43. The van der Waals surface area contributed by atoms with E-state index in [1.165, 1.54) is 0 Å². The van der Waals surface area contributed by atoms with E-state index in [1.54, 1.807) is 0 Å². The van der Waals surface area contributed by atoms with Crippen LogP contribution in [0, 0.1) is 0 Å². The average molecular weight is 173 g/mol. The van der Waals surface area contributed by atoms with E-state index < -0.39 is 17.6 Å². The van der Waals surface area contributed by atoms with Crippen molar-refractivity contribution in [2.24, 2.45) is 5.73 Å². The van der Waals surface area contributed by atoms with Gasteiger partial charge in [0.05, 0.1) is 5.60 Å². The summed E-state index contributed by atoms with van der Waals surface area (Å²) in [6.07, 6.45) is 3.51. The van der Waals surface area contributed by atoms with Gasteiger partial charge < -0.3 is 15.9 Å². The molecule has 1 fully saturated rings. The molecule has 0 aromatic heterocycles. The Hall–Kier alpha value is -0.610. The van der Waals surface area contributed by atoms with Gasteiger partial charge in [0.2, 0.25) is 0 Å². The fraction of sp³-hybridized carbons (Fsp3) is 0.875. The van der Waals surface area contributed by atoms with Gasteiger partial charge in [0.25, 0.3) is 0 Å². The van der Waals surface area contributed by atoms with E-state index >= 15 is 0 Å². The predicted molar refractivity (Wildman–Crippen MR) is 43.6 cm³/mol. The van der Waals surface area contributed by atoms with Gasteiger partial charge in [-0.15, -0.1) is 0 Å².